The first kappa shape index (κ1) is 22.7. The normalized spacial score (nSPS) is 14.4. The van der Waals surface area contributed by atoms with Gasteiger partial charge in [0.1, 0.15) is 6.26 Å². The lowest BCUT2D eigenvalue weighted by Crippen LogP contribution is -2.47. The van der Waals surface area contributed by atoms with E-state index in [2.05, 4.69) is 16.0 Å². The molecule has 0 unspecified atom stereocenters. The highest BCUT2D eigenvalue weighted by molar-refractivity contribution is 6.34. The molecule has 8 nitrogen and oxygen atoms in total. The van der Waals surface area contributed by atoms with Crippen molar-refractivity contribution in [3.63, 3.8) is 0 Å². The predicted octanol–water partition coefficient (Wildman–Crippen LogP) is 3.75. The number of urea groups is 1. The van der Waals surface area contributed by atoms with Gasteiger partial charge in [-0.2, -0.15) is 0 Å². The Morgan fingerprint density at radius 1 is 1.19 bits per heavy atom. The van der Waals surface area contributed by atoms with Crippen molar-refractivity contribution in [1.82, 2.24) is 15.5 Å². The van der Waals surface area contributed by atoms with Crippen molar-refractivity contribution in [2.24, 2.45) is 5.92 Å². The van der Waals surface area contributed by atoms with Crippen LogP contribution in [-0.4, -0.2) is 48.4 Å². The van der Waals surface area contributed by atoms with E-state index in [0.29, 0.717) is 55.2 Å². The Bertz CT molecular complexity index is 922. The molecule has 2 aromatic rings. The molecule has 0 saturated carbocycles. The van der Waals surface area contributed by atoms with Gasteiger partial charge in [0.2, 0.25) is 0 Å². The van der Waals surface area contributed by atoms with E-state index < -0.39 is 0 Å². The lowest BCUT2D eigenvalue weighted by atomic mass is 10.0. The Morgan fingerprint density at radius 2 is 1.94 bits per heavy atom. The number of furan rings is 1. The summed E-state index contributed by atoms with van der Waals surface area (Å²) in [5.74, 6) is 0.0262. The fourth-order valence-corrected chi connectivity index (χ4v) is 3.58. The van der Waals surface area contributed by atoms with Gasteiger partial charge < -0.3 is 25.3 Å². The average molecular weight is 447 g/mol. The number of benzene rings is 1. The minimum absolute atomic E-state index is 0.0371. The molecule has 0 bridgehead atoms. The maximum Gasteiger partial charge on any atom is 0.319 e. The van der Waals surface area contributed by atoms with E-state index in [-0.39, 0.29) is 28.9 Å². The van der Waals surface area contributed by atoms with Gasteiger partial charge in [0, 0.05) is 31.4 Å². The largest absolute Gasteiger partial charge is 0.472 e. The Hall–Kier alpha value is -3.00. The maximum absolute atomic E-state index is 12.4. The number of carbonyl (C=O) groups is 3. The number of likely N-dealkylation sites (tertiary alicyclic amines) is 1. The van der Waals surface area contributed by atoms with Crippen LogP contribution in [0.5, 0.6) is 0 Å². The van der Waals surface area contributed by atoms with E-state index >= 15 is 0 Å². The molecule has 1 aromatic carbocycles. The van der Waals surface area contributed by atoms with E-state index in [9.17, 15) is 14.4 Å². The lowest BCUT2D eigenvalue weighted by Gasteiger charge is -2.32. The second-order valence-electron chi connectivity index (χ2n) is 7.98. The topological polar surface area (TPSA) is 104 Å². The highest BCUT2D eigenvalue weighted by Gasteiger charge is 2.25. The van der Waals surface area contributed by atoms with Gasteiger partial charge in [0.15, 0.2) is 0 Å². The molecule has 1 fully saturated rings. The van der Waals surface area contributed by atoms with Crippen LogP contribution < -0.4 is 16.0 Å². The maximum atomic E-state index is 12.4. The van der Waals surface area contributed by atoms with E-state index in [1.165, 1.54) is 12.5 Å². The minimum Gasteiger partial charge on any atom is -0.472 e. The Morgan fingerprint density at radius 3 is 2.55 bits per heavy atom. The number of nitrogens with zero attached hydrogens (tertiary/aromatic N) is 1. The molecule has 0 radical (unpaired) electrons. The van der Waals surface area contributed by atoms with Crippen LogP contribution in [0.3, 0.4) is 0 Å². The number of hydrogen-bond acceptors (Lipinski definition) is 4. The van der Waals surface area contributed by atoms with Gasteiger partial charge in [-0.05, 0) is 43.0 Å². The number of rotatable bonds is 6. The lowest BCUT2D eigenvalue weighted by molar-refractivity contribution is 0.0708. The Kier molecular flexibility index (Phi) is 7.57. The van der Waals surface area contributed by atoms with Crippen molar-refractivity contribution in [3.8, 4) is 0 Å². The number of amides is 4. The molecule has 0 aliphatic carbocycles. The molecule has 0 spiro atoms. The molecule has 2 heterocycles. The summed E-state index contributed by atoms with van der Waals surface area (Å²) >= 11 is 6.23. The van der Waals surface area contributed by atoms with Crippen LogP contribution in [0.2, 0.25) is 5.02 Å². The molecule has 31 heavy (non-hydrogen) atoms. The molecular formula is C22H27ClN4O4. The fraction of sp³-hybridized carbons (Fsp3) is 0.409. The smallest absolute Gasteiger partial charge is 0.319 e. The molecule has 166 valence electrons. The zero-order chi connectivity index (χ0) is 22.4. The summed E-state index contributed by atoms with van der Waals surface area (Å²) in [6.07, 6.45) is 4.23. The van der Waals surface area contributed by atoms with Gasteiger partial charge in [0.25, 0.3) is 11.8 Å². The van der Waals surface area contributed by atoms with Crippen LogP contribution in [0.4, 0.5) is 10.5 Å². The first-order valence-electron chi connectivity index (χ1n) is 10.3. The molecule has 4 amide bonds. The van der Waals surface area contributed by atoms with Crippen molar-refractivity contribution in [3.05, 3.63) is 52.9 Å². The van der Waals surface area contributed by atoms with Crippen LogP contribution >= 0.6 is 11.6 Å². The number of carbonyl (C=O) groups excluding carboxylic acids is 3. The summed E-state index contributed by atoms with van der Waals surface area (Å²) < 4.78 is 4.96. The summed E-state index contributed by atoms with van der Waals surface area (Å²) in [6.45, 7) is 5.69. The van der Waals surface area contributed by atoms with Crippen molar-refractivity contribution >= 4 is 35.1 Å². The number of hydrogen-bond donors (Lipinski definition) is 3. The minimum atomic E-state index is -0.354. The van der Waals surface area contributed by atoms with Gasteiger partial charge in [-0.25, -0.2) is 4.79 Å². The standard InChI is InChI=1S/C22H27ClN4O4/c1-14(2)12-24-20(28)18-4-3-17(11-19(18)23)26-22(30)25-16-5-8-27(9-6-16)21(29)15-7-10-31-13-15/h3-4,7,10-11,13-14,16H,5-6,8-9,12H2,1-2H3,(H,24,28)(H2,25,26,30). The van der Waals surface area contributed by atoms with Crippen molar-refractivity contribution in [2.75, 3.05) is 25.0 Å². The van der Waals surface area contributed by atoms with Gasteiger partial charge in [0.05, 0.1) is 22.4 Å². The average Bonchev–Trinajstić information content (AvgIpc) is 3.27. The molecule has 0 atom stereocenters. The second kappa shape index (κ2) is 10.3. The monoisotopic (exact) mass is 446 g/mol. The fourth-order valence-electron chi connectivity index (χ4n) is 3.32. The molecule has 1 aliphatic rings. The van der Waals surface area contributed by atoms with Crippen LogP contribution in [-0.2, 0) is 0 Å². The van der Waals surface area contributed by atoms with Crippen LogP contribution in [0.15, 0.2) is 41.2 Å². The highest BCUT2D eigenvalue weighted by atomic mass is 35.5. The quantitative estimate of drug-likeness (QED) is 0.628. The number of nitrogens with one attached hydrogen (secondary N) is 3. The summed E-state index contributed by atoms with van der Waals surface area (Å²) in [7, 11) is 0. The number of anilines is 1. The van der Waals surface area contributed by atoms with E-state index in [1.54, 1.807) is 29.2 Å². The van der Waals surface area contributed by atoms with Crippen LogP contribution in [0.1, 0.15) is 47.4 Å². The third kappa shape index (κ3) is 6.24. The van der Waals surface area contributed by atoms with Gasteiger partial charge in [-0.3, -0.25) is 9.59 Å². The Labute approximate surface area is 186 Å². The second-order valence-corrected chi connectivity index (χ2v) is 8.38. The van der Waals surface area contributed by atoms with Gasteiger partial charge in [-0.15, -0.1) is 0 Å². The third-order valence-electron chi connectivity index (χ3n) is 5.03. The van der Waals surface area contributed by atoms with E-state index in [0.717, 1.165) is 0 Å². The zero-order valence-corrected chi connectivity index (χ0v) is 18.4. The predicted molar refractivity (Wildman–Crippen MR) is 118 cm³/mol. The SMILES string of the molecule is CC(C)CNC(=O)c1ccc(NC(=O)NC2CCN(C(=O)c3ccoc3)CC2)cc1Cl. The molecule has 9 heteroatoms. The molecule has 1 aromatic heterocycles. The van der Waals surface area contributed by atoms with Crippen molar-refractivity contribution in [2.45, 2.75) is 32.7 Å². The van der Waals surface area contributed by atoms with Crippen LogP contribution in [0.25, 0.3) is 0 Å². The summed E-state index contributed by atoms with van der Waals surface area (Å²) in [4.78, 5) is 38.6. The third-order valence-corrected chi connectivity index (χ3v) is 5.34. The van der Waals surface area contributed by atoms with Gasteiger partial charge in [-0.1, -0.05) is 25.4 Å². The Balaban J connectivity index is 1.47. The first-order chi connectivity index (χ1) is 14.8. The van der Waals surface area contributed by atoms with Gasteiger partial charge >= 0.3 is 6.03 Å². The van der Waals surface area contributed by atoms with Crippen molar-refractivity contribution < 1.29 is 18.8 Å². The first-order valence-corrected chi connectivity index (χ1v) is 10.7. The molecule has 3 rings (SSSR count). The molecular weight excluding hydrogens is 420 g/mol. The molecule has 1 aliphatic heterocycles. The van der Waals surface area contributed by atoms with Crippen molar-refractivity contribution in [1.29, 1.82) is 0 Å². The van der Waals surface area contributed by atoms with E-state index in [1.807, 2.05) is 13.8 Å². The van der Waals surface area contributed by atoms with E-state index in [4.69, 9.17) is 16.0 Å². The number of piperidine rings is 1. The molecule has 3 N–H and O–H groups in total. The number of halogens is 1. The molecule has 1 saturated heterocycles. The summed E-state index contributed by atoms with van der Waals surface area (Å²) in [5.41, 5.74) is 1.39. The summed E-state index contributed by atoms with van der Waals surface area (Å²) in [5, 5.41) is 8.75. The van der Waals surface area contributed by atoms with Crippen LogP contribution in [0, 0.1) is 5.92 Å². The summed E-state index contributed by atoms with van der Waals surface area (Å²) in [6, 6.07) is 6.04. The highest BCUT2D eigenvalue weighted by Crippen LogP contribution is 2.21. The zero-order valence-electron chi connectivity index (χ0n) is 17.6.